The number of nitrogens with two attached hydrogens (primary N) is 1. The van der Waals surface area contributed by atoms with Gasteiger partial charge in [-0.3, -0.25) is 4.79 Å². The molecule has 0 saturated carbocycles. The van der Waals surface area contributed by atoms with Crippen molar-refractivity contribution in [1.82, 2.24) is 5.32 Å². The van der Waals surface area contributed by atoms with Crippen molar-refractivity contribution in [3.63, 3.8) is 0 Å². The molecule has 0 aliphatic rings. The summed E-state index contributed by atoms with van der Waals surface area (Å²) in [6, 6.07) is 15.1. The molecule has 4 nitrogen and oxygen atoms in total. The second kappa shape index (κ2) is 8.18. The van der Waals surface area contributed by atoms with Gasteiger partial charge in [0.25, 0.3) is 0 Å². The highest BCUT2D eigenvalue weighted by Gasteiger charge is 2.18. The van der Waals surface area contributed by atoms with Crippen LogP contribution >= 0.6 is 11.6 Å². The van der Waals surface area contributed by atoms with E-state index < -0.39 is 5.54 Å². The van der Waals surface area contributed by atoms with Crippen molar-refractivity contribution in [2.75, 3.05) is 6.54 Å². The first-order valence-corrected chi connectivity index (χ1v) is 8.24. The zero-order valence-corrected chi connectivity index (χ0v) is 14.8. The molecular weight excluding hydrogens is 324 g/mol. The summed E-state index contributed by atoms with van der Waals surface area (Å²) in [5.41, 5.74) is 7.04. The number of ether oxygens (including phenoxy) is 1. The Morgan fingerprint density at radius 3 is 2.67 bits per heavy atom. The van der Waals surface area contributed by atoms with Gasteiger partial charge in [0.2, 0.25) is 5.91 Å². The lowest BCUT2D eigenvalue weighted by atomic mass is 10.0. The van der Waals surface area contributed by atoms with Gasteiger partial charge in [0, 0.05) is 22.7 Å². The summed E-state index contributed by atoms with van der Waals surface area (Å²) in [6.07, 6.45) is 0.284. The van der Waals surface area contributed by atoms with Gasteiger partial charge < -0.3 is 15.8 Å². The van der Waals surface area contributed by atoms with Gasteiger partial charge in [0.1, 0.15) is 12.4 Å². The normalized spacial score (nSPS) is 11.2. The molecule has 128 valence electrons. The van der Waals surface area contributed by atoms with Crippen LogP contribution in [0, 0.1) is 0 Å². The van der Waals surface area contributed by atoms with Crippen molar-refractivity contribution in [2.45, 2.75) is 32.4 Å². The Morgan fingerprint density at radius 1 is 1.21 bits per heavy atom. The minimum absolute atomic E-state index is 0.0614. The van der Waals surface area contributed by atoms with Gasteiger partial charge in [-0.05, 0) is 37.6 Å². The zero-order chi connectivity index (χ0) is 17.6. The number of nitrogens with one attached hydrogen (secondary N) is 1. The molecule has 0 bridgehead atoms. The lowest BCUT2D eigenvalue weighted by Crippen LogP contribution is -2.49. The van der Waals surface area contributed by atoms with Crippen LogP contribution in [0.2, 0.25) is 5.02 Å². The number of halogens is 1. The Labute approximate surface area is 148 Å². The van der Waals surface area contributed by atoms with Gasteiger partial charge in [-0.1, -0.05) is 41.9 Å². The van der Waals surface area contributed by atoms with Crippen LogP contribution < -0.4 is 15.8 Å². The SMILES string of the molecule is CC(C)(CN)NC(=O)Cc1cccc(OCc2ccccc2Cl)c1. The summed E-state index contributed by atoms with van der Waals surface area (Å²) in [5.74, 6) is 0.645. The molecule has 2 aromatic rings. The van der Waals surface area contributed by atoms with E-state index in [1.807, 2.05) is 62.4 Å². The molecule has 0 aliphatic carbocycles. The molecule has 1 amide bonds. The summed E-state index contributed by atoms with van der Waals surface area (Å²) in [5, 5.41) is 3.59. The van der Waals surface area contributed by atoms with Crippen LogP contribution in [0.25, 0.3) is 0 Å². The number of hydrogen-bond acceptors (Lipinski definition) is 3. The molecule has 0 radical (unpaired) electrons. The van der Waals surface area contributed by atoms with Crippen LogP contribution in [-0.2, 0) is 17.8 Å². The number of hydrogen-bond donors (Lipinski definition) is 2. The quantitative estimate of drug-likeness (QED) is 0.808. The fourth-order valence-corrected chi connectivity index (χ4v) is 2.37. The van der Waals surface area contributed by atoms with Gasteiger partial charge >= 0.3 is 0 Å². The highest BCUT2D eigenvalue weighted by molar-refractivity contribution is 6.31. The minimum atomic E-state index is -0.407. The zero-order valence-electron chi connectivity index (χ0n) is 14.0. The third-order valence-corrected chi connectivity index (χ3v) is 3.97. The molecule has 5 heteroatoms. The molecule has 0 atom stereocenters. The molecule has 0 aromatic heterocycles. The maximum Gasteiger partial charge on any atom is 0.224 e. The summed E-state index contributed by atoms with van der Waals surface area (Å²) in [7, 11) is 0. The van der Waals surface area contributed by atoms with Crippen LogP contribution in [-0.4, -0.2) is 18.0 Å². The first-order valence-electron chi connectivity index (χ1n) is 7.86. The van der Waals surface area contributed by atoms with E-state index in [1.165, 1.54) is 0 Å². The van der Waals surface area contributed by atoms with Gasteiger partial charge in [-0.2, -0.15) is 0 Å². The Hall–Kier alpha value is -2.04. The van der Waals surface area contributed by atoms with Crippen molar-refractivity contribution < 1.29 is 9.53 Å². The van der Waals surface area contributed by atoms with Crippen molar-refractivity contribution in [3.8, 4) is 5.75 Å². The largest absolute Gasteiger partial charge is 0.489 e. The molecule has 0 fully saturated rings. The van der Waals surface area contributed by atoms with Gasteiger partial charge in [0.15, 0.2) is 0 Å². The lowest BCUT2D eigenvalue weighted by Gasteiger charge is -2.24. The Kier molecular flexibility index (Phi) is 6.23. The maximum absolute atomic E-state index is 12.1. The summed E-state index contributed by atoms with van der Waals surface area (Å²) >= 11 is 6.12. The highest BCUT2D eigenvalue weighted by Crippen LogP contribution is 2.19. The lowest BCUT2D eigenvalue weighted by molar-refractivity contribution is -0.121. The molecule has 0 aliphatic heterocycles. The summed E-state index contributed by atoms with van der Waals surface area (Å²) in [4.78, 5) is 12.1. The third-order valence-electron chi connectivity index (χ3n) is 3.60. The van der Waals surface area contributed by atoms with Crippen LogP contribution in [0.1, 0.15) is 25.0 Å². The molecule has 2 rings (SSSR count). The molecule has 24 heavy (non-hydrogen) atoms. The third kappa shape index (κ3) is 5.55. The number of benzene rings is 2. The van der Waals surface area contributed by atoms with Crippen molar-refractivity contribution in [2.24, 2.45) is 5.73 Å². The maximum atomic E-state index is 12.1. The van der Waals surface area contributed by atoms with Crippen LogP contribution in [0.4, 0.5) is 0 Å². The average Bonchev–Trinajstić information content (AvgIpc) is 2.54. The van der Waals surface area contributed by atoms with Crippen molar-refractivity contribution >= 4 is 17.5 Å². The van der Waals surface area contributed by atoms with E-state index in [9.17, 15) is 4.79 Å². The Morgan fingerprint density at radius 2 is 1.96 bits per heavy atom. The minimum Gasteiger partial charge on any atom is -0.489 e. The smallest absolute Gasteiger partial charge is 0.224 e. The van der Waals surface area contributed by atoms with Crippen LogP contribution in [0.3, 0.4) is 0 Å². The summed E-state index contributed by atoms with van der Waals surface area (Å²) in [6.45, 7) is 4.57. The van der Waals surface area contributed by atoms with E-state index in [-0.39, 0.29) is 12.3 Å². The second-order valence-electron chi connectivity index (χ2n) is 6.34. The first-order chi connectivity index (χ1) is 11.4. The molecule has 0 saturated heterocycles. The van der Waals surface area contributed by atoms with E-state index in [1.54, 1.807) is 0 Å². The molecule has 0 heterocycles. The Bertz CT molecular complexity index is 701. The fraction of sp³-hybridized carbons (Fsp3) is 0.316. The number of rotatable bonds is 7. The van der Waals surface area contributed by atoms with E-state index in [4.69, 9.17) is 22.1 Å². The van der Waals surface area contributed by atoms with E-state index in [0.717, 1.165) is 11.1 Å². The Balaban J connectivity index is 1.96. The topological polar surface area (TPSA) is 64.3 Å². The van der Waals surface area contributed by atoms with Crippen LogP contribution in [0.5, 0.6) is 5.75 Å². The molecule has 0 unspecified atom stereocenters. The summed E-state index contributed by atoms with van der Waals surface area (Å²) < 4.78 is 5.78. The van der Waals surface area contributed by atoms with Crippen LogP contribution in [0.15, 0.2) is 48.5 Å². The predicted molar refractivity (Wildman–Crippen MR) is 97.2 cm³/mol. The molecular formula is C19H23ClN2O2. The predicted octanol–water partition coefficient (Wildman–Crippen LogP) is 3.32. The number of carbonyl (C=O) groups excluding carboxylic acids is 1. The monoisotopic (exact) mass is 346 g/mol. The second-order valence-corrected chi connectivity index (χ2v) is 6.75. The van der Waals surface area contributed by atoms with E-state index >= 15 is 0 Å². The number of amides is 1. The van der Waals surface area contributed by atoms with Crippen molar-refractivity contribution in [3.05, 3.63) is 64.7 Å². The first kappa shape index (κ1) is 18.3. The molecule has 2 aromatic carbocycles. The van der Waals surface area contributed by atoms with E-state index in [2.05, 4.69) is 5.32 Å². The van der Waals surface area contributed by atoms with Gasteiger partial charge in [0.05, 0.1) is 6.42 Å². The van der Waals surface area contributed by atoms with Crippen molar-refractivity contribution in [1.29, 1.82) is 0 Å². The standard InChI is InChI=1S/C19H23ClN2O2/c1-19(2,13-21)22-18(23)11-14-6-5-8-16(10-14)24-12-15-7-3-4-9-17(15)20/h3-10H,11-13,21H2,1-2H3,(H,22,23). The molecule has 3 N–H and O–H groups in total. The van der Waals surface area contributed by atoms with Gasteiger partial charge in [-0.15, -0.1) is 0 Å². The van der Waals surface area contributed by atoms with E-state index in [0.29, 0.717) is 23.9 Å². The highest BCUT2D eigenvalue weighted by atomic mass is 35.5. The fourth-order valence-electron chi connectivity index (χ4n) is 2.18. The molecule has 0 spiro atoms. The average molecular weight is 347 g/mol. The van der Waals surface area contributed by atoms with Gasteiger partial charge in [-0.25, -0.2) is 0 Å². The number of carbonyl (C=O) groups is 1.